The van der Waals surface area contributed by atoms with Crippen molar-refractivity contribution in [2.24, 2.45) is 0 Å². The van der Waals surface area contributed by atoms with Gasteiger partial charge in [-0.2, -0.15) is 13.2 Å². The van der Waals surface area contributed by atoms with E-state index in [0.29, 0.717) is 25.0 Å². The second-order valence-electron chi connectivity index (χ2n) is 5.24. The van der Waals surface area contributed by atoms with Crippen LogP contribution in [-0.2, 0) is 6.18 Å². The molecule has 3 nitrogen and oxygen atoms in total. The number of rotatable bonds is 2. The van der Waals surface area contributed by atoms with E-state index in [4.69, 9.17) is 0 Å². The van der Waals surface area contributed by atoms with Crippen LogP contribution in [-0.4, -0.2) is 24.5 Å². The Kier molecular flexibility index (Phi) is 6.19. The molecule has 0 saturated carbocycles. The van der Waals surface area contributed by atoms with E-state index in [1.165, 1.54) is 0 Å². The molecule has 1 saturated heterocycles. The number of halogens is 5. The van der Waals surface area contributed by atoms with Crippen LogP contribution in [0.25, 0.3) is 0 Å². The Balaban J connectivity index is 0.00000242. The number of carbonyl (C=O) groups is 1. The highest BCUT2D eigenvalue weighted by molar-refractivity contribution is 5.94. The molecule has 1 aliphatic rings. The average Bonchev–Trinajstić information content (AvgIpc) is 2.37. The summed E-state index contributed by atoms with van der Waals surface area (Å²) in [6.07, 6.45) is -3.40. The van der Waals surface area contributed by atoms with E-state index in [2.05, 4.69) is 10.6 Å². The van der Waals surface area contributed by atoms with E-state index in [1.54, 1.807) is 0 Å². The van der Waals surface area contributed by atoms with Gasteiger partial charge in [0.15, 0.2) is 0 Å². The Bertz CT molecular complexity index is 536. The fourth-order valence-corrected chi connectivity index (χ4v) is 2.42. The molecule has 1 aromatic carbocycles. The summed E-state index contributed by atoms with van der Waals surface area (Å²) in [5, 5.41) is 5.91. The van der Waals surface area contributed by atoms with Gasteiger partial charge in [-0.25, -0.2) is 4.39 Å². The first kappa shape index (κ1) is 18.7. The highest BCUT2D eigenvalue weighted by atomic mass is 35.5. The lowest BCUT2D eigenvalue weighted by Gasteiger charge is -2.28. The Labute approximate surface area is 131 Å². The van der Waals surface area contributed by atoms with Crippen molar-refractivity contribution < 1.29 is 22.4 Å². The van der Waals surface area contributed by atoms with E-state index < -0.39 is 23.5 Å². The zero-order valence-electron chi connectivity index (χ0n) is 11.8. The van der Waals surface area contributed by atoms with Crippen molar-refractivity contribution in [3.63, 3.8) is 0 Å². The van der Waals surface area contributed by atoms with E-state index in [-0.39, 0.29) is 30.1 Å². The maximum atomic E-state index is 13.2. The Morgan fingerprint density at radius 3 is 2.64 bits per heavy atom. The molecular formula is C14H17ClF4N2O. The SMILES string of the molecule is CC1CC(NC(=O)c2ccc(F)c(C(F)(F)F)c2)CCN1.Cl. The minimum atomic E-state index is -4.82. The molecule has 2 atom stereocenters. The summed E-state index contributed by atoms with van der Waals surface area (Å²) < 4.78 is 51.0. The van der Waals surface area contributed by atoms with Gasteiger partial charge in [-0.05, 0) is 44.5 Å². The molecule has 2 N–H and O–H groups in total. The van der Waals surface area contributed by atoms with Crippen molar-refractivity contribution in [2.45, 2.75) is 38.0 Å². The predicted molar refractivity (Wildman–Crippen MR) is 76.6 cm³/mol. The van der Waals surface area contributed by atoms with Crippen LogP contribution < -0.4 is 10.6 Å². The third-order valence-electron chi connectivity index (χ3n) is 3.49. The minimum Gasteiger partial charge on any atom is -0.349 e. The van der Waals surface area contributed by atoms with Gasteiger partial charge in [-0.15, -0.1) is 12.4 Å². The van der Waals surface area contributed by atoms with Crippen LogP contribution in [0.3, 0.4) is 0 Å². The van der Waals surface area contributed by atoms with Gasteiger partial charge >= 0.3 is 6.18 Å². The van der Waals surface area contributed by atoms with Crippen molar-refractivity contribution in [1.82, 2.24) is 10.6 Å². The standard InChI is InChI=1S/C14H16F4N2O.ClH/c1-8-6-10(4-5-19-8)20-13(21)9-2-3-12(15)11(7-9)14(16,17)18;/h2-3,7-8,10,19H,4-6H2,1H3,(H,20,21);1H. The molecule has 1 aromatic rings. The second-order valence-corrected chi connectivity index (χ2v) is 5.24. The van der Waals surface area contributed by atoms with Gasteiger partial charge in [0, 0.05) is 17.6 Å². The highest BCUT2D eigenvalue weighted by Gasteiger charge is 2.34. The second kappa shape index (κ2) is 7.28. The van der Waals surface area contributed by atoms with Crippen LogP contribution in [0.15, 0.2) is 18.2 Å². The average molecular weight is 341 g/mol. The smallest absolute Gasteiger partial charge is 0.349 e. The number of nitrogens with one attached hydrogen (secondary N) is 2. The topological polar surface area (TPSA) is 41.1 Å². The van der Waals surface area contributed by atoms with E-state index in [0.717, 1.165) is 12.6 Å². The number of hydrogen-bond donors (Lipinski definition) is 2. The van der Waals surface area contributed by atoms with Gasteiger partial charge < -0.3 is 10.6 Å². The minimum absolute atomic E-state index is 0. The number of piperidine rings is 1. The molecule has 0 radical (unpaired) electrons. The Hall–Kier alpha value is -1.34. The van der Waals surface area contributed by atoms with E-state index in [9.17, 15) is 22.4 Å². The Morgan fingerprint density at radius 1 is 1.36 bits per heavy atom. The quantitative estimate of drug-likeness (QED) is 0.812. The fourth-order valence-electron chi connectivity index (χ4n) is 2.42. The molecular weight excluding hydrogens is 324 g/mol. The molecule has 2 unspecified atom stereocenters. The van der Waals surface area contributed by atoms with Gasteiger partial charge in [-0.1, -0.05) is 0 Å². The largest absolute Gasteiger partial charge is 0.419 e. The monoisotopic (exact) mass is 340 g/mol. The number of benzene rings is 1. The molecule has 0 spiro atoms. The lowest BCUT2D eigenvalue weighted by molar-refractivity contribution is -0.140. The molecule has 1 aliphatic heterocycles. The maximum absolute atomic E-state index is 13.2. The summed E-state index contributed by atoms with van der Waals surface area (Å²) in [5.41, 5.74) is -1.61. The molecule has 0 bridgehead atoms. The lowest BCUT2D eigenvalue weighted by Crippen LogP contribution is -2.46. The molecule has 124 valence electrons. The van der Waals surface area contributed by atoms with Crippen LogP contribution in [0.1, 0.15) is 35.7 Å². The van der Waals surface area contributed by atoms with Gasteiger partial charge in [-0.3, -0.25) is 4.79 Å². The van der Waals surface area contributed by atoms with Gasteiger partial charge in [0.2, 0.25) is 0 Å². The fraction of sp³-hybridized carbons (Fsp3) is 0.500. The summed E-state index contributed by atoms with van der Waals surface area (Å²) in [5.74, 6) is -1.99. The first-order chi connectivity index (χ1) is 9.77. The van der Waals surface area contributed by atoms with Gasteiger partial charge in [0.05, 0.1) is 5.56 Å². The van der Waals surface area contributed by atoms with Gasteiger partial charge in [0.25, 0.3) is 5.91 Å². The van der Waals surface area contributed by atoms with Crippen molar-refractivity contribution in [2.75, 3.05) is 6.54 Å². The molecule has 0 aliphatic carbocycles. The molecule has 8 heteroatoms. The third kappa shape index (κ3) is 4.58. The normalized spacial score (nSPS) is 21.9. The van der Waals surface area contributed by atoms with Crippen molar-refractivity contribution in [3.8, 4) is 0 Å². The summed E-state index contributed by atoms with van der Waals surface area (Å²) in [6, 6.07) is 2.43. The third-order valence-corrected chi connectivity index (χ3v) is 3.49. The van der Waals surface area contributed by atoms with Crippen LogP contribution in [0.5, 0.6) is 0 Å². The van der Waals surface area contributed by atoms with Crippen LogP contribution >= 0.6 is 12.4 Å². The van der Waals surface area contributed by atoms with Crippen molar-refractivity contribution >= 4 is 18.3 Å². The maximum Gasteiger partial charge on any atom is 0.419 e. The van der Waals surface area contributed by atoms with E-state index >= 15 is 0 Å². The predicted octanol–water partition coefficient (Wildman–Crippen LogP) is 3.14. The van der Waals surface area contributed by atoms with Crippen LogP contribution in [0, 0.1) is 5.82 Å². The number of carbonyl (C=O) groups excluding carboxylic acids is 1. The first-order valence-electron chi connectivity index (χ1n) is 6.68. The zero-order chi connectivity index (χ0) is 15.6. The summed E-state index contributed by atoms with van der Waals surface area (Å²) in [7, 11) is 0. The lowest BCUT2D eigenvalue weighted by atomic mass is 10.00. The van der Waals surface area contributed by atoms with E-state index in [1.807, 2.05) is 6.92 Å². The van der Waals surface area contributed by atoms with Crippen LogP contribution in [0.4, 0.5) is 17.6 Å². The number of amides is 1. The molecule has 1 amide bonds. The molecule has 0 aromatic heterocycles. The molecule has 1 fully saturated rings. The summed E-state index contributed by atoms with van der Waals surface area (Å²) in [6.45, 7) is 2.71. The summed E-state index contributed by atoms with van der Waals surface area (Å²) >= 11 is 0. The Morgan fingerprint density at radius 2 is 2.05 bits per heavy atom. The van der Waals surface area contributed by atoms with Crippen molar-refractivity contribution in [1.29, 1.82) is 0 Å². The first-order valence-corrected chi connectivity index (χ1v) is 6.68. The number of alkyl halides is 3. The zero-order valence-corrected chi connectivity index (χ0v) is 12.7. The number of hydrogen-bond acceptors (Lipinski definition) is 2. The molecule has 2 rings (SSSR count). The van der Waals surface area contributed by atoms with Crippen LogP contribution in [0.2, 0.25) is 0 Å². The molecule has 1 heterocycles. The van der Waals surface area contributed by atoms with Crippen molar-refractivity contribution in [3.05, 3.63) is 35.1 Å². The summed E-state index contributed by atoms with van der Waals surface area (Å²) in [4.78, 5) is 12.0. The van der Waals surface area contributed by atoms with Gasteiger partial charge in [0.1, 0.15) is 5.82 Å². The molecule has 22 heavy (non-hydrogen) atoms. The highest BCUT2D eigenvalue weighted by Crippen LogP contribution is 2.31.